The van der Waals surface area contributed by atoms with Crippen molar-refractivity contribution in [3.05, 3.63) is 0 Å². The third-order valence-corrected chi connectivity index (χ3v) is 6.69. The Hall–Kier alpha value is -0.720. The number of thiol groups is 1. The summed E-state index contributed by atoms with van der Waals surface area (Å²) in [4.78, 5) is 23.3. The summed E-state index contributed by atoms with van der Waals surface area (Å²) in [6.07, 6.45) is 3.40. The van der Waals surface area contributed by atoms with Crippen molar-refractivity contribution in [2.24, 2.45) is 0 Å². The van der Waals surface area contributed by atoms with Gasteiger partial charge in [-0.2, -0.15) is 24.4 Å². The number of unbranched alkanes of at least 4 members (excludes halogenated alkanes) is 1. The summed E-state index contributed by atoms with van der Waals surface area (Å²) in [5, 5.41) is 9.28. The first-order valence-corrected chi connectivity index (χ1v) is 12.8. The van der Waals surface area contributed by atoms with Crippen molar-refractivity contribution in [1.82, 2.24) is 16.0 Å². The normalized spacial score (nSPS) is 22.2. The fourth-order valence-electron chi connectivity index (χ4n) is 3.45. The average molecular weight is 480 g/mol. The number of nitrogens with one attached hydrogen (secondary N) is 3. The largest absolute Gasteiger partial charge is 0.378 e. The Morgan fingerprint density at radius 3 is 2.29 bits per heavy atom. The van der Waals surface area contributed by atoms with E-state index in [-0.39, 0.29) is 24.0 Å². The van der Waals surface area contributed by atoms with Gasteiger partial charge >= 0.3 is 6.03 Å². The van der Waals surface area contributed by atoms with Gasteiger partial charge in [0.15, 0.2) is 0 Å². The third-order valence-electron chi connectivity index (χ3n) is 5.00. The van der Waals surface area contributed by atoms with Crippen molar-refractivity contribution in [1.29, 1.82) is 0 Å². The van der Waals surface area contributed by atoms with Gasteiger partial charge in [-0.3, -0.25) is 4.79 Å². The molecule has 0 radical (unpaired) electrons. The Labute approximate surface area is 194 Å². The molecule has 2 aliphatic heterocycles. The Morgan fingerprint density at radius 1 is 0.968 bits per heavy atom. The quantitative estimate of drug-likeness (QED) is 0.123. The number of urea groups is 1. The number of carbonyl (C=O) groups excluding carboxylic acids is 2. The molecule has 0 aliphatic carbocycles. The van der Waals surface area contributed by atoms with Crippen LogP contribution in [0.15, 0.2) is 0 Å². The number of carbonyl (C=O) groups is 2. The second-order valence-electron chi connectivity index (χ2n) is 7.39. The van der Waals surface area contributed by atoms with Crippen molar-refractivity contribution >= 4 is 36.3 Å². The van der Waals surface area contributed by atoms with Gasteiger partial charge in [-0.1, -0.05) is 6.42 Å². The molecule has 9 nitrogen and oxygen atoms in total. The minimum Gasteiger partial charge on any atom is -0.378 e. The maximum atomic E-state index is 11.9. The molecule has 2 rings (SSSR count). The van der Waals surface area contributed by atoms with Crippen LogP contribution in [-0.4, -0.2) is 100 Å². The van der Waals surface area contributed by atoms with Gasteiger partial charge in [0.05, 0.1) is 64.9 Å². The molecule has 180 valence electrons. The summed E-state index contributed by atoms with van der Waals surface area (Å²) < 4.78 is 21.5. The van der Waals surface area contributed by atoms with Crippen LogP contribution in [0.2, 0.25) is 0 Å². The third kappa shape index (κ3) is 11.6. The van der Waals surface area contributed by atoms with Crippen molar-refractivity contribution in [2.75, 3.05) is 70.9 Å². The van der Waals surface area contributed by atoms with Gasteiger partial charge in [0.25, 0.3) is 0 Å². The molecule has 0 unspecified atom stereocenters. The number of fused-ring (bicyclic) bond motifs is 1. The van der Waals surface area contributed by atoms with Crippen LogP contribution in [0, 0.1) is 0 Å². The molecule has 31 heavy (non-hydrogen) atoms. The molecule has 3 amide bonds. The Balaban J connectivity index is 1.30. The molecule has 2 fully saturated rings. The molecule has 0 aromatic rings. The van der Waals surface area contributed by atoms with Crippen molar-refractivity contribution in [3.8, 4) is 0 Å². The van der Waals surface area contributed by atoms with Crippen molar-refractivity contribution in [2.45, 2.75) is 43.0 Å². The summed E-state index contributed by atoms with van der Waals surface area (Å²) in [7, 11) is 0. The number of thioether (sulfide) groups is 1. The van der Waals surface area contributed by atoms with Crippen LogP contribution in [0.5, 0.6) is 0 Å². The van der Waals surface area contributed by atoms with E-state index >= 15 is 0 Å². The smallest absolute Gasteiger partial charge is 0.315 e. The number of hydrogen-bond acceptors (Lipinski definition) is 8. The van der Waals surface area contributed by atoms with Crippen LogP contribution in [0.3, 0.4) is 0 Å². The lowest BCUT2D eigenvalue weighted by Gasteiger charge is -2.16. The van der Waals surface area contributed by atoms with E-state index in [1.54, 1.807) is 0 Å². The molecule has 0 bridgehead atoms. The fourth-order valence-corrected chi connectivity index (χ4v) is 5.12. The molecule has 3 atom stereocenters. The van der Waals surface area contributed by atoms with E-state index in [0.717, 1.165) is 25.0 Å². The van der Waals surface area contributed by atoms with Crippen LogP contribution >= 0.6 is 24.4 Å². The summed E-state index contributed by atoms with van der Waals surface area (Å²) in [5.74, 6) is 1.75. The monoisotopic (exact) mass is 479 g/mol. The van der Waals surface area contributed by atoms with E-state index in [1.807, 2.05) is 11.8 Å². The molecule has 2 saturated heterocycles. The first-order valence-electron chi connectivity index (χ1n) is 11.1. The first kappa shape index (κ1) is 26.5. The van der Waals surface area contributed by atoms with Crippen LogP contribution < -0.4 is 16.0 Å². The van der Waals surface area contributed by atoms with E-state index in [0.29, 0.717) is 76.8 Å². The molecular formula is C20H37N3O6S2. The maximum Gasteiger partial charge on any atom is 0.315 e. The molecule has 3 N–H and O–H groups in total. The highest BCUT2D eigenvalue weighted by Crippen LogP contribution is 2.33. The zero-order valence-electron chi connectivity index (χ0n) is 18.1. The SMILES string of the molecule is O=C(CCCC[C@@H]1SC[C@@H]2NC(=O)N[C@@H]21)NCCOCCOCCOCCOCCS. The molecule has 2 aliphatic rings. The predicted molar refractivity (Wildman–Crippen MR) is 124 cm³/mol. The Kier molecular flexibility index (Phi) is 14.4. The Morgan fingerprint density at radius 2 is 1.61 bits per heavy atom. The Bertz CT molecular complexity index is 517. The van der Waals surface area contributed by atoms with E-state index in [4.69, 9.17) is 18.9 Å². The molecule has 2 heterocycles. The standard InChI is InChI=1S/C20H37N3O6S2/c24-18(4-2-1-3-17-19-16(15-31-17)22-20(25)23-19)21-5-6-26-7-8-27-9-10-28-11-12-29-13-14-30/h16-17,19,30H,1-15H2,(H,21,24)(H2,22,23,25)/t16-,17-,19-/m0/s1. The van der Waals surface area contributed by atoms with E-state index < -0.39 is 0 Å². The zero-order chi connectivity index (χ0) is 22.2. The van der Waals surface area contributed by atoms with Crippen LogP contribution in [0.4, 0.5) is 4.79 Å². The lowest BCUT2D eigenvalue weighted by atomic mass is 10.0. The maximum absolute atomic E-state index is 11.9. The summed E-state index contributed by atoms with van der Waals surface area (Å²) >= 11 is 5.96. The van der Waals surface area contributed by atoms with Gasteiger partial charge in [-0.15, -0.1) is 0 Å². The van der Waals surface area contributed by atoms with E-state index in [1.165, 1.54) is 0 Å². The predicted octanol–water partition coefficient (Wildman–Crippen LogP) is 0.825. The summed E-state index contributed by atoms with van der Waals surface area (Å²) in [6.45, 7) is 4.82. The van der Waals surface area contributed by atoms with Gasteiger partial charge in [0.2, 0.25) is 5.91 Å². The topological polar surface area (TPSA) is 107 Å². The second-order valence-corrected chi connectivity index (χ2v) is 9.11. The highest BCUT2D eigenvalue weighted by molar-refractivity contribution is 8.00. The number of hydrogen-bond donors (Lipinski definition) is 4. The van der Waals surface area contributed by atoms with Gasteiger partial charge in [0.1, 0.15) is 0 Å². The summed E-state index contributed by atoms with van der Waals surface area (Å²) in [5.41, 5.74) is 0. The zero-order valence-corrected chi connectivity index (χ0v) is 19.9. The van der Waals surface area contributed by atoms with Gasteiger partial charge in [0, 0.05) is 29.7 Å². The van der Waals surface area contributed by atoms with E-state index in [9.17, 15) is 9.59 Å². The van der Waals surface area contributed by atoms with Crippen molar-refractivity contribution < 1.29 is 28.5 Å². The van der Waals surface area contributed by atoms with Crippen LogP contribution in [0.1, 0.15) is 25.7 Å². The molecule has 0 spiro atoms. The second kappa shape index (κ2) is 16.8. The van der Waals surface area contributed by atoms with Crippen LogP contribution in [-0.2, 0) is 23.7 Å². The molecule has 0 aromatic heterocycles. The molecule has 0 aromatic carbocycles. The lowest BCUT2D eigenvalue weighted by Crippen LogP contribution is -2.36. The minimum absolute atomic E-state index is 0.0518. The number of amides is 3. The van der Waals surface area contributed by atoms with Gasteiger partial charge < -0.3 is 34.9 Å². The van der Waals surface area contributed by atoms with Gasteiger partial charge in [-0.05, 0) is 12.8 Å². The van der Waals surface area contributed by atoms with Gasteiger partial charge in [-0.25, -0.2) is 4.79 Å². The van der Waals surface area contributed by atoms with Crippen molar-refractivity contribution in [3.63, 3.8) is 0 Å². The fraction of sp³-hybridized carbons (Fsp3) is 0.900. The highest BCUT2D eigenvalue weighted by Gasteiger charge is 2.42. The molecule has 0 saturated carbocycles. The molecule has 11 heteroatoms. The number of rotatable bonds is 19. The first-order chi connectivity index (χ1) is 15.2. The van der Waals surface area contributed by atoms with Crippen LogP contribution in [0.25, 0.3) is 0 Å². The van der Waals surface area contributed by atoms with E-state index in [2.05, 4.69) is 28.6 Å². The highest BCUT2D eigenvalue weighted by atomic mass is 32.2. The minimum atomic E-state index is -0.0518. The molecular weight excluding hydrogens is 442 g/mol. The average Bonchev–Trinajstić information content (AvgIpc) is 3.30. The lowest BCUT2D eigenvalue weighted by molar-refractivity contribution is -0.121. The number of ether oxygens (including phenoxy) is 4. The summed E-state index contributed by atoms with van der Waals surface area (Å²) in [6, 6.07) is 0.448.